The molecule has 0 saturated carbocycles. The van der Waals surface area contributed by atoms with Crippen LogP contribution in [0.2, 0.25) is 0 Å². The second kappa shape index (κ2) is 9.12. The molecule has 25 heavy (non-hydrogen) atoms. The zero-order valence-corrected chi connectivity index (χ0v) is 15.2. The Morgan fingerprint density at radius 1 is 1.32 bits per heavy atom. The van der Waals surface area contributed by atoms with Crippen molar-refractivity contribution in [2.45, 2.75) is 31.7 Å². The summed E-state index contributed by atoms with van der Waals surface area (Å²) < 4.78 is 31.9. The highest BCUT2D eigenvalue weighted by Gasteiger charge is 2.37. The van der Waals surface area contributed by atoms with Gasteiger partial charge in [-0.25, -0.2) is 8.42 Å². The predicted octanol–water partition coefficient (Wildman–Crippen LogP) is 1.82. The molecule has 1 rings (SSSR count). The molecule has 0 amide bonds. The Balaban J connectivity index is 3.19. The molecule has 0 aromatic heterocycles. The number of terminal acetylenes is 1. The quantitative estimate of drug-likeness (QED) is 0.712. The van der Waals surface area contributed by atoms with E-state index in [0.29, 0.717) is 5.75 Å². The molecule has 1 aromatic rings. The van der Waals surface area contributed by atoms with Crippen LogP contribution in [-0.2, 0) is 14.8 Å². The number of benzene rings is 1. The molecule has 0 aliphatic heterocycles. The number of hydrogen-bond acceptors (Lipinski definition) is 4. The van der Waals surface area contributed by atoms with Crippen molar-refractivity contribution in [2.24, 2.45) is 5.92 Å². The normalized spacial score (nSPS) is 12.2. The monoisotopic (exact) mass is 363 g/mol. The second-order valence-electron chi connectivity index (χ2n) is 5.47. The van der Waals surface area contributed by atoms with Gasteiger partial charge in [-0.3, -0.25) is 4.79 Å². The van der Waals surface area contributed by atoms with Crippen LogP contribution in [0.4, 0.5) is 0 Å². The molecule has 1 atom stereocenters. The average Bonchev–Trinajstić information content (AvgIpc) is 2.54. The van der Waals surface area contributed by atoms with Crippen molar-refractivity contribution in [3.05, 3.63) is 24.3 Å². The first kappa shape index (κ1) is 20.6. The van der Waals surface area contributed by atoms with Crippen LogP contribution in [0.3, 0.4) is 0 Å². The third-order valence-electron chi connectivity index (χ3n) is 3.36. The molecule has 0 aliphatic carbocycles. The van der Waals surface area contributed by atoms with Crippen molar-refractivity contribution in [3.63, 3.8) is 0 Å². The van der Waals surface area contributed by atoms with Gasteiger partial charge in [-0.1, -0.05) is 25.7 Å². The van der Waals surface area contributed by atoms with Gasteiger partial charge >= 0.3 is 5.97 Å². The zero-order valence-electron chi connectivity index (χ0n) is 14.4. The fourth-order valence-electron chi connectivity index (χ4n) is 2.20. The van der Waals surface area contributed by atoms with Gasteiger partial charge in [-0.15, -0.1) is 12.3 Å². The molecule has 6 nitrogen and oxygen atoms in total. The van der Waals surface area contributed by atoms with Gasteiger partial charge in [0.1, 0.15) is 18.4 Å². The Labute approximate surface area is 148 Å². The number of carboxylic acid groups (broad SMARTS) is 1. The summed E-state index contributed by atoms with van der Waals surface area (Å²) in [7, 11) is -4.07. The van der Waals surface area contributed by atoms with Crippen LogP contribution in [0.25, 0.3) is 0 Å². The summed E-state index contributed by atoms with van der Waals surface area (Å²) >= 11 is 0. The van der Waals surface area contributed by atoms with E-state index in [1.807, 2.05) is 0 Å². The molecule has 0 radical (unpaired) electrons. The van der Waals surface area contributed by atoms with Gasteiger partial charge < -0.3 is 9.84 Å². The minimum atomic E-state index is -4.07. The molecule has 0 saturated heterocycles. The Bertz CT molecular complexity index is 795. The molecule has 1 unspecified atom stereocenters. The number of carboxylic acids is 1. The SMILES string of the molecule is C#CCN(C(C(=O)O)C(C)C)S(=O)(=O)c1ccc(OCC#CC)cc1. The van der Waals surface area contributed by atoms with E-state index in [1.165, 1.54) is 24.3 Å². The summed E-state index contributed by atoms with van der Waals surface area (Å²) in [6.45, 7) is 4.81. The van der Waals surface area contributed by atoms with Gasteiger partial charge in [-0.2, -0.15) is 4.31 Å². The van der Waals surface area contributed by atoms with E-state index in [0.717, 1.165) is 4.31 Å². The fraction of sp³-hybridized carbons (Fsp3) is 0.389. The maximum atomic E-state index is 12.8. The number of ether oxygens (including phenoxy) is 1. The number of rotatable bonds is 8. The Morgan fingerprint density at radius 3 is 2.36 bits per heavy atom. The minimum absolute atomic E-state index is 0.0522. The van der Waals surface area contributed by atoms with E-state index in [1.54, 1.807) is 20.8 Å². The van der Waals surface area contributed by atoms with Gasteiger partial charge in [0, 0.05) is 0 Å². The highest BCUT2D eigenvalue weighted by molar-refractivity contribution is 7.89. The first-order chi connectivity index (χ1) is 11.8. The van der Waals surface area contributed by atoms with Crippen LogP contribution in [0.5, 0.6) is 5.75 Å². The summed E-state index contributed by atoms with van der Waals surface area (Å²) in [6.07, 6.45) is 5.25. The molecule has 134 valence electrons. The van der Waals surface area contributed by atoms with E-state index >= 15 is 0 Å². The van der Waals surface area contributed by atoms with E-state index in [-0.39, 0.29) is 18.0 Å². The van der Waals surface area contributed by atoms with E-state index in [9.17, 15) is 18.3 Å². The Hall–Kier alpha value is -2.48. The summed E-state index contributed by atoms with van der Waals surface area (Å²) in [5.41, 5.74) is 0. The van der Waals surface area contributed by atoms with Gasteiger partial charge in [0.25, 0.3) is 0 Å². The number of nitrogens with zero attached hydrogens (tertiary/aromatic N) is 1. The van der Waals surface area contributed by atoms with Crippen LogP contribution in [0, 0.1) is 30.1 Å². The van der Waals surface area contributed by atoms with Crippen molar-refractivity contribution >= 4 is 16.0 Å². The Morgan fingerprint density at radius 2 is 1.92 bits per heavy atom. The lowest BCUT2D eigenvalue weighted by Gasteiger charge is -2.29. The first-order valence-corrected chi connectivity index (χ1v) is 9.00. The lowest BCUT2D eigenvalue weighted by Crippen LogP contribution is -2.48. The van der Waals surface area contributed by atoms with Crippen LogP contribution in [0.1, 0.15) is 20.8 Å². The van der Waals surface area contributed by atoms with Gasteiger partial charge in [0.15, 0.2) is 0 Å². The van der Waals surface area contributed by atoms with Gasteiger partial charge in [0.05, 0.1) is 11.4 Å². The number of sulfonamides is 1. The largest absolute Gasteiger partial charge is 0.481 e. The average molecular weight is 363 g/mol. The lowest BCUT2D eigenvalue weighted by atomic mass is 10.1. The third kappa shape index (κ3) is 5.25. The zero-order chi connectivity index (χ0) is 19.0. The first-order valence-electron chi connectivity index (χ1n) is 7.56. The highest BCUT2D eigenvalue weighted by atomic mass is 32.2. The van der Waals surface area contributed by atoms with Crippen molar-refractivity contribution in [1.29, 1.82) is 0 Å². The number of hydrogen-bond donors (Lipinski definition) is 1. The lowest BCUT2D eigenvalue weighted by molar-refractivity contribution is -0.142. The molecule has 0 spiro atoms. The van der Waals surface area contributed by atoms with Gasteiger partial charge in [0.2, 0.25) is 10.0 Å². The maximum Gasteiger partial charge on any atom is 0.322 e. The topological polar surface area (TPSA) is 83.9 Å². The van der Waals surface area contributed by atoms with Crippen molar-refractivity contribution in [1.82, 2.24) is 4.31 Å². The standard InChI is InChI=1S/C18H21NO5S/c1-5-7-13-24-15-8-10-16(11-9-15)25(22,23)19(12-6-2)17(14(3)4)18(20)21/h2,8-11,14,17H,12-13H2,1,3-4H3,(H,20,21). The molecule has 1 aromatic carbocycles. The van der Waals surface area contributed by atoms with Crippen molar-refractivity contribution < 1.29 is 23.1 Å². The number of carbonyl (C=O) groups is 1. The summed E-state index contributed by atoms with van der Waals surface area (Å²) in [6, 6.07) is 4.43. The van der Waals surface area contributed by atoms with Crippen LogP contribution >= 0.6 is 0 Å². The molecule has 0 bridgehead atoms. The molecular weight excluding hydrogens is 342 g/mol. The molecule has 1 N–H and O–H groups in total. The van der Waals surface area contributed by atoms with Crippen molar-refractivity contribution in [3.8, 4) is 29.9 Å². The van der Waals surface area contributed by atoms with Crippen LogP contribution in [-0.4, -0.2) is 43.0 Å². The number of aliphatic carboxylic acids is 1. The van der Waals surface area contributed by atoms with Gasteiger partial charge in [-0.05, 0) is 37.1 Å². The van der Waals surface area contributed by atoms with E-state index < -0.39 is 28.0 Å². The van der Waals surface area contributed by atoms with Crippen LogP contribution in [0.15, 0.2) is 29.2 Å². The smallest absolute Gasteiger partial charge is 0.322 e. The summed E-state index contributed by atoms with van der Waals surface area (Å²) in [5, 5.41) is 9.41. The molecule has 0 heterocycles. The minimum Gasteiger partial charge on any atom is -0.481 e. The summed E-state index contributed by atoms with van der Waals surface area (Å²) in [5.74, 6) is 6.41. The van der Waals surface area contributed by atoms with Crippen molar-refractivity contribution in [2.75, 3.05) is 13.2 Å². The van der Waals surface area contributed by atoms with E-state index in [4.69, 9.17) is 11.2 Å². The third-order valence-corrected chi connectivity index (χ3v) is 5.20. The summed E-state index contributed by atoms with van der Waals surface area (Å²) in [4.78, 5) is 11.5. The molecule has 7 heteroatoms. The molecule has 0 fully saturated rings. The highest BCUT2D eigenvalue weighted by Crippen LogP contribution is 2.24. The maximum absolute atomic E-state index is 12.8. The van der Waals surface area contributed by atoms with E-state index in [2.05, 4.69) is 17.8 Å². The predicted molar refractivity (Wildman–Crippen MR) is 94.4 cm³/mol. The fourth-order valence-corrected chi connectivity index (χ4v) is 3.83. The second-order valence-corrected chi connectivity index (χ2v) is 7.36. The van der Waals surface area contributed by atoms with Crippen LogP contribution < -0.4 is 4.74 Å². The molecular formula is C18H21NO5S. The Kier molecular flexibility index (Phi) is 7.50. The molecule has 0 aliphatic rings.